The Morgan fingerprint density at radius 2 is 2.09 bits per heavy atom. The minimum Gasteiger partial charge on any atom is -0.484 e. The number of rotatable bonds is 6. The molecule has 2 aliphatic heterocycles. The van der Waals surface area contributed by atoms with Crippen molar-refractivity contribution in [1.29, 1.82) is 0 Å². The summed E-state index contributed by atoms with van der Waals surface area (Å²) in [5.74, 6) is -0.177. The van der Waals surface area contributed by atoms with E-state index in [-0.39, 0.29) is 59.0 Å². The van der Waals surface area contributed by atoms with Gasteiger partial charge in [0.1, 0.15) is 11.6 Å². The zero-order valence-electron chi connectivity index (χ0n) is 17.8. The molecule has 2 saturated heterocycles. The van der Waals surface area contributed by atoms with Crippen molar-refractivity contribution in [3.8, 4) is 5.75 Å². The number of carbonyl (C=O) groups is 2. The quantitative estimate of drug-likeness (QED) is 0.423. The van der Waals surface area contributed by atoms with E-state index in [1.165, 1.54) is 12.1 Å². The first kappa shape index (κ1) is 21.9. The van der Waals surface area contributed by atoms with Gasteiger partial charge in [0.05, 0.1) is 17.2 Å². The normalized spacial score (nSPS) is 35.4. The standard InChI is InChI=1S/C22H29ClFN5O3/c23-14-4-3-13(6-15(14)24)32-11-19(30)29-22-7-12(8-22)17(9-22)28-21(31)18-10-26-20-16(27-18)2-1-5-25-20/h3-4,6,12,16-18,20,25-27H,1-2,5,7-11H2,(H,28,31)(H,29,30)/t12?,16?,17-,18?,20?,22?/m0/s1. The SMILES string of the molecule is O=C(COc1ccc(Cl)c(F)c1)NC12CC(C1)[C@@H](NC(=O)C1CNC3NCCCC3N1)C2. The summed E-state index contributed by atoms with van der Waals surface area (Å²) in [6.07, 6.45) is 4.82. The molecule has 2 heterocycles. The maximum atomic E-state index is 13.5. The molecule has 32 heavy (non-hydrogen) atoms. The molecule has 5 N–H and O–H groups in total. The average molecular weight is 466 g/mol. The maximum absolute atomic E-state index is 13.5. The Morgan fingerprint density at radius 1 is 1.25 bits per heavy atom. The molecular weight excluding hydrogens is 437 g/mol. The molecule has 1 aromatic rings. The van der Waals surface area contributed by atoms with Gasteiger partial charge in [-0.05, 0) is 56.7 Å². The van der Waals surface area contributed by atoms with Crippen molar-refractivity contribution in [2.24, 2.45) is 5.92 Å². The Balaban J connectivity index is 1.08. The largest absolute Gasteiger partial charge is 0.484 e. The van der Waals surface area contributed by atoms with Crippen LogP contribution in [0.2, 0.25) is 5.02 Å². The number of piperazine rings is 1. The van der Waals surface area contributed by atoms with E-state index in [2.05, 4.69) is 26.6 Å². The predicted octanol–water partition coefficient (Wildman–Crippen LogP) is 0.651. The summed E-state index contributed by atoms with van der Waals surface area (Å²) in [5.41, 5.74) is -0.287. The molecule has 174 valence electrons. The third kappa shape index (κ3) is 4.44. The summed E-state index contributed by atoms with van der Waals surface area (Å²) in [5, 5.41) is 16.6. The number of ether oxygens (including phenoxy) is 1. The zero-order chi connectivity index (χ0) is 22.3. The molecule has 3 unspecified atom stereocenters. The number of carbonyl (C=O) groups excluding carboxylic acids is 2. The summed E-state index contributed by atoms with van der Waals surface area (Å²) in [6.45, 7) is 1.41. The van der Waals surface area contributed by atoms with Crippen molar-refractivity contribution < 1.29 is 18.7 Å². The van der Waals surface area contributed by atoms with Crippen molar-refractivity contribution in [2.45, 2.75) is 61.9 Å². The summed E-state index contributed by atoms with van der Waals surface area (Å²) in [4.78, 5) is 25.2. The van der Waals surface area contributed by atoms with E-state index in [9.17, 15) is 14.0 Å². The summed E-state index contributed by atoms with van der Waals surface area (Å²) >= 11 is 5.66. The molecule has 10 heteroatoms. The van der Waals surface area contributed by atoms with Crippen LogP contribution in [0.3, 0.4) is 0 Å². The molecule has 5 aliphatic rings. The third-order valence-electron chi connectivity index (χ3n) is 7.21. The van der Waals surface area contributed by atoms with Gasteiger partial charge >= 0.3 is 0 Å². The Kier molecular flexibility index (Phi) is 6.00. The second-order valence-corrected chi connectivity index (χ2v) is 9.90. The summed E-state index contributed by atoms with van der Waals surface area (Å²) in [7, 11) is 0. The molecule has 4 atom stereocenters. The molecule has 5 fully saturated rings. The van der Waals surface area contributed by atoms with Gasteiger partial charge in [-0.3, -0.25) is 20.2 Å². The van der Waals surface area contributed by atoms with Gasteiger partial charge in [-0.25, -0.2) is 4.39 Å². The molecule has 1 aromatic carbocycles. The monoisotopic (exact) mass is 465 g/mol. The van der Waals surface area contributed by atoms with Crippen molar-refractivity contribution in [3.05, 3.63) is 29.0 Å². The van der Waals surface area contributed by atoms with Crippen molar-refractivity contribution in [2.75, 3.05) is 19.7 Å². The van der Waals surface area contributed by atoms with Gasteiger partial charge in [0.15, 0.2) is 6.61 Å². The highest BCUT2D eigenvalue weighted by atomic mass is 35.5. The van der Waals surface area contributed by atoms with Crippen LogP contribution in [-0.4, -0.2) is 61.3 Å². The lowest BCUT2D eigenvalue weighted by molar-refractivity contribution is -0.126. The predicted molar refractivity (Wildman–Crippen MR) is 117 cm³/mol. The molecule has 3 aliphatic carbocycles. The number of hydrogen-bond donors (Lipinski definition) is 5. The number of fused-ring (bicyclic) bond motifs is 2. The number of piperidine rings is 1. The Bertz CT molecular complexity index is 896. The van der Waals surface area contributed by atoms with Crippen molar-refractivity contribution in [1.82, 2.24) is 26.6 Å². The highest BCUT2D eigenvalue weighted by molar-refractivity contribution is 6.30. The second kappa shape index (κ2) is 8.78. The lowest BCUT2D eigenvalue weighted by Gasteiger charge is -2.41. The first-order valence-electron chi connectivity index (χ1n) is 11.3. The van der Waals surface area contributed by atoms with Crippen LogP contribution in [-0.2, 0) is 9.59 Å². The molecule has 3 saturated carbocycles. The Morgan fingerprint density at radius 3 is 2.91 bits per heavy atom. The first-order valence-corrected chi connectivity index (χ1v) is 11.7. The van der Waals surface area contributed by atoms with E-state index in [1.54, 1.807) is 0 Å². The first-order chi connectivity index (χ1) is 15.4. The lowest BCUT2D eigenvalue weighted by Crippen LogP contribution is -2.70. The van der Waals surface area contributed by atoms with Crippen LogP contribution in [0, 0.1) is 11.7 Å². The molecule has 2 bridgehead atoms. The number of amides is 2. The number of nitrogens with one attached hydrogen (secondary N) is 5. The van der Waals surface area contributed by atoms with Crippen LogP contribution < -0.4 is 31.3 Å². The van der Waals surface area contributed by atoms with Crippen LogP contribution in [0.5, 0.6) is 5.75 Å². The Labute approximate surface area is 191 Å². The minimum atomic E-state index is -0.586. The molecule has 0 aromatic heterocycles. The summed E-state index contributed by atoms with van der Waals surface area (Å²) < 4.78 is 18.9. The van der Waals surface area contributed by atoms with Gasteiger partial charge in [0.25, 0.3) is 5.91 Å². The van der Waals surface area contributed by atoms with E-state index in [0.717, 1.165) is 44.7 Å². The van der Waals surface area contributed by atoms with Crippen LogP contribution in [0.1, 0.15) is 32.1 Å². The fourth-order valence-corrected chi connectivity index (χ4v) is 5.77. The molecule has 0 radical (unpaired) electrons. The van der Waals surface area contributed by atoms with Crippen LogP contribution >= 0.6 is 11.6 Å². The number of halogens is 2. The van der Waals surface area contributed by atoms with E-state index in [1.807, 2.05) is 0 Å². The number of hydrogen-bond acceptors (Lipinski definition) is 6. The average Bonchev–Trinajstić information content (AvgIpc) is 3.27. The highest BCUT2D eigenvalue weighted by Gasteiger charge is 2.57. The van der Waals surface area contributed by atoms with Gasteiger partial charge in [0, 0.05) is 30.2 Å². The fourth-order valence-electron chi connectivity index (χ4n) is 5.65. The summed E-state index contributed by atoms with van der Waals surface area (Å²) in [6, 6.07) is 4.17. The van der Waals surface area contributed by atoms with E-state index >= 15 is 0 Å². The topological polar surface area (TPSA) is 104 Å². The molecule has 2 amide bonds. The minimum absolute atomic E-state index is 0.00896. The lowest BCUT2D eigenvalue weighted by atomic mass is 9.76. The van der Waals surface area contributed by atoms with Gasteiger partial charge in [-0.15, -0.1) is 0 Å². The van der Waals surface area contributed by atoms with Gasteiger partial charge < -0.3 is 20.7 Å². The van der Waals surface area contributed by atoms with Crippen molar-refractivity contribution >= 4 is 23.4 Å². The third-order valence-corrected chi connectivity index (χ3v) is 7.52. The van der Waals surface area contributed by atoms with Gasteiger partial charge in [0.2, 0.25) is 5.91 Å². The van der Waals surface area contributed by atoms with Gasteiger partial charge in [-0.1, -0.05) is 11.6 Å². The van der Waals surface area contributed by atoms with E-state index < -0.39 is 5.82 Å². The van der Waals surface area contributed by atoms with Crippen LogP contribution in [0.4, 0.5) is 4.39 Å². The molecule has 6 rings (SSSR count). The molecular formula is C22H29ClFN5O3. The van der Waals surface area contributed by atoms with Gasteiger partial charge in [-0.2, -0.15) is 0 Å². The van der Waals surface area contributed by atoms with E-state index in [4.69, 9.17) is 16.3 Å². The number of benzene rings is 1. The van der Waals surface area contributed by atoms with E-state index in [0.29, 0.717) is 12.5 Å². The molecule has 8 nitrogen and oxygen atoms in total. The smallest absolute Gasteiger partial charge is 0.258 e. The highest BCUT2D eigenvalue weighted by Crippen LogP contribution is 2.52. The van der Waals surface area contributed by atoms with Crippen LogP contribution in [0.25, 0.3) is 0 Å². The Hall–Kier alpha value is -1.94. The second-order valence-electron chi connectivity index (χ2n) is 9.49. The van der Waals surface area contributed by atoms with Crippen molar-refractivity contribution in [3.63, 3.8) is 0 Å². The fraction of sp³-hybridized carbons (Fsp3) is 0.636. The zero-order valence-corrected chi connectivity index (χ0v) is 18.5. The van der Waals surface area contributed by atoms with Crippen LogP contribution in [0.15, 0.2) is 18.2 Å². The maximum Gasteiger partial charge on any atom is 0.258 e. The molecule has 0 spiro atoms.